The highest BCUT2D eigenvalue weighted by Crippen LogP contribution is 2.41. The molecule has 0 N–H and O–H groups in total. The van der Waals surface area contributed by atoms with Crippen molar-refractivity contribution < 1.29 is 9.59 Å². The molecular formula is C45H33NO2. The molecule has 0 radical (unpaired) electrons. The summed E-state index contributed by atoms with van der Waals surface area (Å²) in [6, 6.07) is 47.7. The fourth-order valence-corrected chi connectivity index (χ4v) is 7.15. The number of allylic oxidation sites excluding steroid dienone is 1. The van der Waals surface area contributed by atoms with Crippen molar-refractivity contribution in [2.24, 2.45) is 0 Å². The van der Waals surface area contributed by atoms with Crippen molar-refractivity contribution in [1.82, 2.24) is 0 Å². The minimum atomic E-state index is -0.214. The number of anilines is 3. The normalized spacial score (nSPS) is 12.5. The van der Waals surface area contributed by atoms with Crippen LogP contribution >= 0.6 is 0 Å². The molecule has 48 heavy (non-hydrogen) atoms. The van der Waals surface area contributed by atoms with Crippen molar-refractivity contribution in [2.75, 3.05) is 4.90 Å². The van der Waals surface area contributed by atoms with Crippen molar-refractivity contribution in [3.05, 3.63) is 178 Å². The maximum absolute atomic E-state index is 13.4. The number of hydrogen-bond donors (Lipinski definition) is 0. The van der Waals surface area contributed by atoms with E-state index in [0.717, 1.165) is 38.5 Å². The van der Waals surface area contributed by atoms with Gasteiger partial charge in [0.05, 0.1) is 11.3 Å². The molecule has 0 saturated carbocycles. The number of fused-ring (bicyclic) bond motifs is 3. The van der Waals surface area contributed by atoms with E-state index in [2.05, 4.69) is 111 Å². The average Bonchev–Trinajstić information content (AvgIpc) is 3.33. The van der Waals surface area contributed by atoms with Gasteiger partial charge >= 0.3 is 0 Å². The van der Waals surface area contributed by atoms with Crippen molar-refractivity contribution in [3.63, 3.8) is 0 Å². The predicted octanol–water partition coefficient (Wildman–Crippen LogP) is 11.5. The number of aryl methyl sites for hydroxylation is 3. The quantitative estimate of drug-likeness (QED) is 0.142. The van der Waals surface area contributed by atoms with Gasteiger partial charge in [0.25, 0.3) is 0 Å². The van der Waals surface area contributed by atoms with Gasteiger partial charge in [0, 0.05) is 22.5 Å². The Kier molecular flexibility index (Phi) is 7.11. The second kappa shape index (κ2) is 11.6. The van der Waals surface area contributed by atoms with Crippen LogP contribution in [0.15, 0.2) is 145 Å². The second-order valence-electron chi connectivity index (χ2n) is 12.7. The van der Waals surface area contributed by atoms with Gasteiger partial charge in [-0.2, -0.15) is 0 Å². The summed E-state index contributed by atoms with van der Waals surface area (Å²) in [5, 5.41) is 4.02. The van der Waals surface area contributed by atoms with Crippen LogP contribution in [0.25, 0.3) is 38.7 Å². The molecule has 230 valence electrons. The van der Waals surface area contributed by atoms with Crippen LogP contribution in [-0.4, -0.2) is 11.6 Å². The molecule has 3 heteroatoms. The zero-order chi connectivity index (χ0) is 32.9. The number of carbonyl (C=O) groups excluding carboxylic acids is 2. The van der Waals surface area contributed by atoms with Crippen LogP contribution in [0.3, 0.4) is 0 Å². The summed E-state index contributed by atoms with van der Waals surface area (Å²) in [5.74, 6) is -0.428. The van der Waals surface area contributed by atoms with E-state index in [1.54, 1.807) is 6.08 Å². The van der Waals surface area contributed by atoms with Gasteiger partial charge in [0.2, 0.25) is 0 Å². The van der Waals surface area contributed by atoms with E-state index in [1.165, 1.54) is 33.5 Å². The van der Waals surface area contributed by atoms with Gasteiger partial charge in [0.1, 0.15) is 0 Å². The maximum atomic E-state index is 13.4. The summed E-state index contributed by atoms with van der Waals surface area (Å²) in [5.41, 5.74) is 11.3. The monoisotopic (exact) mass is 619 g/mol. The molecule has 8 rings (SSSR count). The van der Waals surface area contributed by atoms with E-state index in [9.17, 15) is 9.59 Å². The Balaban J connectivity index is 1.17. The Hall–Kier alpha value is -6.06. The molecule has 3 nitrogen and oxygen atoms in total. The minimum absolute atomic E-state index is 0.214. The number of hydrogen-bond acceptors (Lipinski definition) is 3. The zero-order valence-corrected chi connectivity index (χ0v) is 27.1. The largest absolute Gasteiger partial charge is 0.310 e. The lowest BCUT2D eigenvalue weighted by atomic mass is 10.00. The second-order valence-corrected chi connectivity index (χ2v) is 12.7. The van der Waals surface area contributed by atoms with Gasteiger partial charge in [-0.3, -0.25) is 9.59 Å². The van der Waals surface area contributed by atoms with E-state index in [-0.39, 0.29) is 17.1 Å². The maximum Gasteiger partial charge on any atom is 0.197 e. The molecule has 0 saturated heterocycles. The summed E-state index contributed by atoms with van der Waals surface area (Å²) in [6.07, 6.45) is 1.74. The smallest absolute Gasteiger partial charge is 0.197 e. The first kappa shape index (κ1) is 29.3. The number of nitrogens with zero attached hydrogens (tertiary/aromatic N) is 1. The third-order valence-electron chi connectivity index (χ3n) is 9.37. The lowest BCUT2D eigenvalue weighted by molar-refractivity contribution is 0.0990. The molecule has 7 aromatic rings. The third-order valence-corrected chi connectivity index (χ3v) is 9.37. The average molecular weight is 620 g/mol. The Labute approximate surface area is 280 Å². The number of ketones is 2. The summed E-state index contributed by atoms with van der Waals surface area (Å²) >= 11 is 0. The van der Waals surface area contributed by atoms with Gasteiger partial charge in [-0.05, 0) is 119 Å². The van der Waals surface area contributed by atoms with Crippen molar-refractivity contribution in [1.29, 1.82) is 0 Å². The summed E-state index contributed by atoms with van der Waals surface area (Å²) in [4.78, 5) is 29.1. The van der Waals surface area contributed by atoms with Gasteiger partial charge in [0.15, 0.2) is 11.6 Å². The van der Waals surface area contributed by atoms with E-state index >= 15 is 0 Å². The molecule has 1 aliphatic carbocycles. The van der Waals surface area contributed by atoms with Crippen molar-refractivity contribution in [3.8, 4) is 11.1 Å². The van der Waals surface area contributed by atoms with Crippen LogP contribution in [0.1, 0.15) is 43.0 Å². The highest BCUT2D eigenvalue weighted by molar-refractivity contribution is 6.42. The number of Topliss-reactive ketones (excluding diaryl/α,β-unsaturated/α-hetero) is 2. The van der Waals surface area contributed by atoms with Crippen LogP contribution in [-0.2, 0) is 0 Å². The van der Waals surface area contributed by atoms with E-state index in [4.69, 9.17) is 0 Å². The molecule has 0 atom stereocenters. The first-order valence-electron chi connectivity index (χ1n) is 16.3. The van der Waals surface area contributed by atoms with Gasteiger partial charge in [-0.1, -0.05) is 103 Å². The lowest BCUT2D eigenvalue weighted by Gasteiger charge is -2.29. The van der Waals surface area contributed by atoms with E-state index < -0.39 is 0 Å². The number of rotatable bonds is 5. The Morgan fingerprint density at radius 1 is 0.479 bits per heavy atom. The van der Waals surface area contributed by atoms with Crippen LogP contribution < -0.4 is 4.90 Å². The fraction of sp³-hybridized carbons (Fsp3) is 0.0667. The molecule has 0 aromatic heterocycles. The van der Waals surface area contributed by atoms with Crippen LogP contribution in [0, 0.1) is 20.8 Å². The lowest BCUT2D eigenvalue weighted by Crippen LogP contribution is -2.13. The van der Waals surface area contributed by atoms with Gasteiger partial charge in [-0.15, -0.1) is 0 Å². The molecule has 0 bridgehead atoms. The standard InChI is InChI=1S/C45H33NO2/c1-28-21-29(2)43(30(3)22-28)46(38-18-15-33(16-19-38)32-9-5-4-6-10-32)39-20-17-36-23-31(13-14-37(36)25-39)24-42-44(47)40-26-34-11-7-8-12-35(34)27-41(40)45(42)48/h4-27H,1-3H3. The topological polar surface area (TPSA) is 37.4 Å². The first-order chi connectivity index (χ1) is 23.3. The SMILES string of the molecule is Cc1cc(C)c(N(c2ccc(-c3ccccc3)cc2)c2ccc3cc(C=C4C(=O)c5cc6ccccc6cc5C4=O)ccc3c2)c(C)c1. The molecule has 0 aliphatic heterocycles. The zero-order valence-electron chi connectivity index (χ0n) is 27.1. The van der Waals surface area contributed by atoms with E-state index in [1.807, 2.05) is 54.6 Å². The predicted molar refractivity (Wildman–Crippen MR) is 199 cm³/mol. The molecule has 1 aliphatic rings. The summed E-state index contributed by atoms with van der Waals surface area (Å²) in [7, 11) is 0. The van der Waals surface area contributed by atoms with Crippen molar-refractivity contribution in [2.45, 2.75) is 20.8 Å². The van der Waals surface area contributed by atoms with Crippen molar-refractivity contribution >= 4 is 56.2 Å². The first-order valence-corrected chi connectivity index (χ1v) is 16.3. The number of carbonyl (C=O) groups is 2. The molecule has 0 spiro atoms. The minimum Gasteiger partial charge on any atom is -0.310 e. The molecule has 0 heterocycles. The summed E-state index contributed by atoms with van der Waals surface area (Å²) < 4.78 is 0. The molecular weight excluding hydrogens is 587 g/mol. The fourth-order valence-electron chi connectivity index (χ4n) is 7.15. The highest BCUT2D eigenvalue weighted by atomic mass is 16.2. The van der Waals surface area contributed by atoms with Gasteiger partial charge < -0.3 is 4.90 Å². The Morgan fingerprint density at radius 2 is 1.00 bits per heavy atom. The van der Waals surface area contributed by atoms with E-state index in [0.29, 0.717) is 11.1 Å². The Morgan fingerprint density at radius 3 is 1.65 bits per heavy atom. The molecule has 0 amide bonds. The van der Waals surface area contributed by atoms with Crippen LogP contribution in [0.4, 0.5) is 17.1 Å². The third kappa shape index (κ3) is 5.10. The molecule has 0 fully saturated rings. The molecule has 7 aromatic carbocycles. The summed E-state index contributed by atoms with van der Waals surface area (Å²) in [6.45, 7) is 6.49. The highest BCUT2D eigenvalue weighted by Gasteiger charge is 2.33. The number of benzene rings is 7. The van der Waals surface area contributed by atoms with Crippen LogP contribution in [0.5, 0.6) is 0 Å². The van der Waals surface area contributed by atoms with Crippen LogP contribution in [0.2, 0.25) is 0 Å². The van der Waals surface area contributed by atoms with Gasteiger partial charge in [-0.25, -0.2) is 0 Å². The molecule has 0 unspecified atom stereocenters. The Bertz CT molecular complexity index is 2370.